The molecule has 3 aromatic rings. The quantitative estimate of drug-likeness (QED) is 0.404. The molecule has 7 nitrogen and oxygen atoms in total. The minimum Gasteiger partial charge on any atom is -0.308 e. The molecule has 29 heavy (non-hydrogen) atoms. The van der Waals surface area contributed by atoms with Crippen LogP contribution in [0.4, 0.5) is 15.6 Å². The van der Waals surface area contributed by atoms with Crippen molar-refractivity contribution in [2.45, 2.75) is 36.3 Å². The highest BCUT2D eigenvalue weighted by atomic mass is 32.2. The minimum absolute atomic E-state index is 0.157. The van der Waals surface area contributed by atoms with Crippen molar-refractivity contribution >= 4 is 39.9 Å². The molecular formula is C20H20N6OS2. The van der Waals surface area contributed by atoms with E-state index in [-0.39, 0.29) is 5.25 Å². The second kappa shape index (κ2) is 9.49. The second-order valence-electron chi connectivity index (χ2n) is 6.61. The van der Waals surface area contributed by atoms with Gasteiger partial charge in [0.25, 0.3) is 0 Å². The van der Waals surface area contributed by atoms with Crippen molar-refractivity contribution in [3.8, 4) is 6.07 Å². The van der Waals surface area contributed by atoms with E-state index in [2.05, 4.69) is 52.7 Å². The Morgan fingerprint density at radius 3 is 2.69 bits per heavy atom. The molecule has 148 valence electrons. The van der Waals surface area contributed by atoms with E-state index in [9.17, 15) is 4.79 Å². The molecule has 0 aliphatic rings. The highest BCUT2D eigenvalue weighted by Crippen LogP contribution is 2.37. The van der Waals surface area contributed by atoms with Gasteiger partial charge in [-0.05, 0) is 42.2 Å². The Morgan fingerprint density at radius 2 is 1.93 bits per heavy atom. The van der Waals surface area contributed by atoms with Crippen LogP contribution in [-0.4, -0.2) is 21.2 Å². The summed E-state index contributed by atoms with van der Waals surface area (Å²) in [5, 5.41) is 23.0. The number of nitrogens with zero attached hydrogens (tertiary/aromatic N) is 4. The first-order chi connectivity index (χ1) is 13.9. The fraction of sp³-hybridized carbons (Fsp3) is 0.250. The zero-order chi connectivity index (χ0) is 20.8. The standard InChI is InChI=1S/C20H20N6OS2/c1-12(2)15-8-16(11-22-10-15)13(3)28-20-26-25-19(29-20)24-18(27)23-17-6-4-5-14(7-17)9-21/h4-8,10-13H,1-3H3,(H2,23,24,25,27). The van der Waals surface area contributed by atoms with Crippen LogP contribution in [0.25, 0.3) is 0 Å². The van der Waals surface area contributed by atoms with Crippen LogP contribution >= 0.6 is 23.1 Å². The molecule has 0 fully saturated rings. The molecule has 2 aromatic heterocycles. The Hall–Kier alpha value is -2.96. The largest absolute Gasteiger partial charge is 0.325 e. The molecule has 1 aromatic carbocycles. The number of anilines is 2. The van der Waals surface area contributed by atoms with Crippen molar-refractivity contribution in [3.63, 3.8) is 0 Å². The molecule has 2 heterocycles. The number of carbonyl (C=O) groups excluding carboxylic acids is 1. The van der Waals surface area contributed by atoms with E-state index in [1.165, 1.54) is 16.9 Å². The Morgan fingerprint density at radius 1 is 1.14 bits per heavy atom. The topological polar surface area (TPSA) is 104 Å². The van der Waals surface area contributed by atoms with E-state index in [0.717, 1.165) is 9.90 Å². The maximum Gasteiger partial charge on any atom is 0.325 e. The van der Waals surface area contributed by atoms with Gasteiger partial charge in [0.15, 0.2) is 4.34 Å². The van der Waals surface area contributed by atoms with Gasteiger partial charge < -0.3 is 5.32 Å². The summed E-state index contributed by atoms with van der Waals surface area (Å²) in [4.78, 5) is 16.5. The number of benzene rings is 1. The van der Waals surface area contributed by atoms with E-state index >= 15 is 0 Å². The first-order valence-electron chi connectivity index (χ1n) is 8.97. The Kier molecular flexibility index (Phi) is 6.80. The molecule has 0 saturated carbocycles. The predicted octanol–water partition coefficient (Wildman–Crippen LogP) is 5.43. The van der Waals surface area contributed by atoms with Crippen molar-refractivity contribution in [2.24, 2.45) is 0 Å². The fourth-order valence-electron chi connectivity index (χ4n) is 2.47. The third-order valence-corrected chi connectivity index (χ3v) is 6.15. The molecule has 0 spiro atoms. The van der Waals surface area contributed by atoms with Crippen molar-refractivity contribution < 1.29 is 4.79 Å². The monoisotopic (exact) mass is 424 g/mol. The number of aromatic nitrogens is 3. The number of hydrogen-bond acceptors (Lipinski definition) is 7. The maximum absolute atomic E-state index is 12.2. The third kappa shape index (κ3) is 5.76. The molecule has 0 aliphatic carbocycles. The van der Waals surface area contributed by atoms with Crippen molar-refractivity contribution in [2.75, 3.05) is 10.6 Å². The van der Waals surface area contributed by atoms with Gasteiger partial charge in [-0.15, -0.1) is 10.2 Å². The molecule has 2 N–H and O–H groups in total. The summed E-state index contributed by atoms with van der Waals surface area (Å²) in [6.45, 7) is 6.38. The number of thioether (sulfide) groups is 1. The Labute approximate surface area is 177 Å². The van der Waals surface area contributed by atoms with Gasteiger partial charge in [-0.25, -0.2) is 4.79 Å². The van der Waals surface area contributed by atoms with Gasteiger partial charge in [-0.2, -0.15) is 5.26 Å². The lowest BCUT2D eigenvalue weighted by Gasteiger charge is -2.12. The van der Waals surface area contributed by atoms with Crippen molar-refractivity contribution in [3.05, 3.63) is 59.4 Å². The zero-order valence-electron chi connectivity index (χ0n) is 16.2. The van der Waals surface area contributed by atoms with Crippen LogP contribution in [0.1, 0.15) is 48.6 Å². The normalized spacial score (nSPS) is 11.7. The van der Waals surface area contributed by atoms with Gasteiger partial charge >= 0.3 is 6.03 Å². The second-order valence-corrected chi connectivity index (χ2v) is 9.18. The molecule has 0 radical (unpaired) electrons. The molecule has 0 aliphatic heterocycles. The van der Waals surface area contributed by atoms with Crippen molar-refractivity contribution in [1.82, 2.24) is 15.2 Å². The summed E-state index contributed by atoms with van der Waals surface area (Å²) < 4.78 is 0.759. The summed E-state index contributed by atoms with van der Waals surface area (Å²) in [5.41, 5.74) is 3.34. The average Bonchev–Trinajstić information content (AvgIpc) is 3.14. The average molecular weight is 425 g/mol. The van der Waals surface area contributed by atoms with E-state index < -0.39 is 6.03 Å². The highest BCUT2D eigenvalue weighted by Gasteiger charge is 2.14. The van der Waals surface area contributed by atoms with E-state index in [1.807, 2.05) is 18.5 Å². The van der Waals surface area contributed by atoms with Crippen LogP contribution in [0.3, 0.4) is 0 Å². The highest BCUT2D eigenvalue weighted by molar-refractivity contribution is 8.01. The Balaban J connectivity index is 1.59. The first kappa shape index (κ1) is 20.8. The van der Waals surface area contributed by atoms with Gasteiger partial charge in [-0.1, -0.05) is 49.1 Å². The Bertz CT molecular complexity index is 1040. The van der Waals surface area contributed by atoms with Gasteiger partial charge in [0, 0.05) is 23.3 Å². The van der Waals surface area contributed by atoms with Crippen LogP contribution in [-0.2, 0) is 0 Å². The molecule has 1 unspecified atom stereocenters. The molecule has 9 heteroatoms. The zero-order valence-corrected chi connectivity index (χ0v) is 17.8. The first-order valence-corrected chi connectivity index (χ1v) is 10.7. The number of nitriles is 1. The van der Waals surface area contributed by atoms with Gasteiger partial charge in [0.2, 0.25) is 5.13 Å². The van der Waals surface area contributed by atoms with E-state index in [1.54, 1.807) is 36.0 Å². The molecule has 3 rings (SSSR count). The van der Waals surface area contributed by atoms with Crippen LogP contribution in [0.15, 0.2) is 47.1 Å². The summed E-state index contributed by atoms with van der Waals surface area (Å²) in [6, 6.07) is 10.5. The lowest BCUT2D eigenvalue weighted by Crippen LogP contribution is -2.19. The summed E-state index contributed by atoms with van der Waals surface area (Å²) in [7, 11) is 0. The van der Waals surface area contributed by atoms with Gasteiger partial charge in [0.1, 0.15) is 0 Å². The molecule has 2 amide bonds. The number of nitrogens with one attached hydrogen (secondary N) is 2. The SMILES string of the molecule is CC(C)c1cncc(C(C)Sc2nnc(NC(=O)Nc3cccc(C#N)c3)s2)c1. The maximum atomic E-state index is 12.2. The van der Waals surface area contributed by atoms with E-state index in [4.69, 9.17) is 5.26 Å². The molecule has 0 saturated heterocycles. The molecule has 1 atom stereocenters. The number of hydrogen-bond donors (Lipinski definition) is 2. The molecule has 0 bridgehead atoms. The lowest BCUT2D eigenvalue weighted by molar-refractivity contribution is 0.262. The van der Waals surface area contributed by atoms with Crippen LogP contribution < -0.4 is 10.6 Å². The summed E-state index contributed by atoms with van der Waals surface area (Å²) >= 11 is 2.88. The van der Waals surface area contributed by atoms with Gasteiger partial charge in [-0.3, -0.25) is 10.3 Å². The number of pyridine rings is 1. The predicted molar refractivity (Wildman–Crippen MR) is 116 cm³/mol. The minimum atomic E-state index is -0.435. The molecular weight excluding hydrogens is 404 g/mol. The van der Waals surface area contributed by atoms with E-state index in [0.29, 0.717) is 22.3 Å². The van der Waals surface area contributed by atoms with Crippen LogP contribution in [0.2, 0.25) is 0 Å². The number of urea groups is 1. The third-order valence-electron chi connectivity index (χ3n) is 4.07. The lowest BCUT2D eigenvalue weighted by atomic mass is 10.0. The smallest absolute Gasteiger partial charge is 0.308 e. The van der Waals surface area contributed by atoms with Crippen molar-refractivity contribution in [1.29, 1.82) is 5.26 Å². The van der Waals surface area contributed by atoms with Crippen LogP contribution in [0, 0.1) is 11.3 Å². The number of amides is 2. The number of carbonyl (C=O) groups is 1. The van der Waals surface area contributed by atoms with Crippen LogP contribution in [0.5, 0.6) is 0 Å². The summed E-state index contributed by atoms with van der Waals surface area (Å²) in [5.74, 6) is 0.421. The summed E-state index contributed by atoms with van der Waals surface area (Å²) in [6.07, 6.45) is 3.76. The van der Waals surface area contributed by atoms with Gasteiger partial charge in [0.05, 0.1) is 11.6 Å². The fourth-order valence-corrected chi connectivity index (χ4v) is 4.46. The number of rotatable bonds is 6.